The molecular formula is C27H31N3O2. The number of carbonyl (C=O) groups is 2. The van der Waals surface area contributed by atoms with E-state index in [0.717, 1.165) is 55.8 Å². The second kappa shape index (κ2) is 8.45. The molecule has 3 aliphatic heterocycles. The van der Waals surface area contributed by atoms with Crippen molar-refractivity contribution in [3.05, 3.63) is 65.4 Å². The number of amides is 2. The normalized spacial score (nSPS) is 21.8. The minimum atomic E-state index is -0.221. The zero-order valence-corrected chi connectivity index (χ0v) is 19.0. The molecular weight excluding hydrogens is 398 g/mol. The maximum absolute atomic E-state index is 13.7. The molecule has 2 amide bonds. The molecule has 0 radical (unpaired) electrons. The minimum Gasteiger partial charge on any atom is -0.372 e. The Kier molecular flexibility index (Phi) is 5.50. The fourth-order valence-electron chi connectivity index (χ4n) is 5.21. The van der Waals surface area contributed by atoms with Gasteiger partial charge in [-0.15, -0.1) is 0 Å². The van der Waals surface area contributed by atoms with Crippen molar-refractivity contribution in [2.75, 3.05) is 36.0 Å². The molecule has 0 aromatic heterocycles. The maximum Gasteiger partial charge on any atom is 0.282 e. The van der Waals surface area contributed by atoms with Gasteiger partial charge in [0.2, 0.25) is 0 Å². The predicted octanol–water partition coefficient (Wildman–Crippen LogP) is 4.61. The first-order valence-corrected chi connectivity index (χ1v) is 11.8. The highest BCUT2D eigenvalue weighted by Crippen LogP contribution is 2.37. The van der Waals surface area contributed by atoms with Gasteiger partial charge < -0.3 is 9.80 Å². The monoisotopic (exact) mass is 429 g/mol. The lowest BCUT2D eigenvalue weighted by molar-refractivity contribution is -0.120. The van der Waals surface area contributed by atoms with Crippen molar-refractivity contribution >= 4 is 28.8 Å². The van der Waals surface area contributed by atoms with Gasteiger partial charge in [-0.1, -0.05) is 36.8 Å². The molecule has 3 aliphatic rings. The maximum atomic E-state index is 13.7. The van der Waals surface area contributed by atoms with Crippen molar-refractivity contribution in [1.29, 1.82) is 0 Å². The highest BCUT2D eigenvalue weighted by molar-refractivity contribution is 6.45. The molecule has 166 valence electrons. The molecule has 2 aromatic carbocycles. The summed E-state index contributed by atoms with van der Waals surface area (Å²) >= 11 is 0. The Bertz CT molecular complexity index is 1050. The van der Waals surface area contributed by atoms with Gasteiger partial charge in [-0.3, -0.25) is 9.59 Å². The molecule has 5 heteroatoms. The van der Waals surface area contributed by atoms with Crippen molar-refractivity contribution in [3.63, 3.8) is 0 Å². The van der Waals surface area contributed by atoms with Gasteiger partial charge in [0, 0.05) is 31.9 Å². The first-order chi connectivity index (χ1) is 15.5. The lowest BCUT2D eigenvalue weighted by atomic mass is 9.97. The fraction of sp³-hybridized carbons (Fsp3) is 0.407. The van der Waals surface area contributed by atoms with Crippen LogP contribution in [0.2, 0.25) is 0 Å². The van der Waals surface area contributed by atoms with Crippen LogP contribution in [0.5, 0.6) is 0 Å². The van der Waals surface area contributed by atoms with Crippen LogP contribution >= 0.6 is 0 Å². The standard InChI is InChI=1S/C27H31N3O2/c1-19-7-9-21(10-8-19)24-25(29-17-5-6-20(2)18-29)27(32)30(26(24)31)23-13-11-22(12-14-23)28-15-3-4-16-28/h7-14,20H,3-6,15-18H2,1-2H3. The van der Waals surface area contributed by atoms with Gasteiger partial charge >= 0.3 is 0 Å². The highest BCUT2D eigenvalue weighted by Gasteiger charge is 2.43. The predicted molar refractivity (Wildman–Crippen MR) is 128 cm³/mol. The van der Waals surface area contributed by atoms with Crippen LogP contribution in [-0.2, 0) is 9.59 Å². The number of aryl methyl sites for hydroxylation is 1. The van der Waals surface area contributed by atoms with Crippen LogP contribution in [-0.4, -0.2) is 42.9 Å². The average Bonchev–Trinajstić information content (AvgIpc) is 3.41. The molecule has 2 saturated heterocycles. The number of piperidine rings is 1. The van der Waals surface area contributed by atoms with E-state index in [1.165, 1.54) is 17.7 Å². The van der Waals surface area contributed by atoms with E-state index < -0.39 is 0 Å². The van der Waals surface area contributed by atoms with E-state index >= 15 is 0 Å². The molecule has 32 heavy (non-hydrogen) atoms. The van der Waals surface area contributed by atoms with Gasteiger partial charge in [-0.25, -0.2) is 4.90 Å². The van der Waals surface area contributed by atoms with Crippen molar-refractivity contribution in [2.24, 2.45) is 5.92 Å². The molecule has 0 aliphatic carbocycles. The van der Waals surface area contributed by atoms with E-state index in [1.54, 1.807) is 0 Å². The van der Waals surface area contributed by atoms with Crippen LogP contribution in [0.4, 0.5) is 11.4 Å². The first kappa shape index (κ1) is 20.8. The van der Waals surface area contributed by atoms with Crippen LogP contribution in [0.25, 0.3) is 5.57 Å². The third-order valence-corrected chi connectivity index (χ3v) is 6.95. The SMILES string of the molecule is Cc1ccc(C2=C(N3CCCC(C)C3)C(=O)N(c3ccc(N4CCCC4)cc3)C2=O)cc1. The molecule has 2 aromatic rings. The fourth-order valence-corrected chi connectivity index (χ4v) is 5.21. The Balaban J connectivity index is 1.52. The zero-order chi connectivity index (χ0) is 22.2. The summed E-state index contributed by atoms with van der Waals surface area (Å²) < 4.78 is 0. The smallest absolute Gasteiger partial charge is 0.282 e. The lowest BCUT2D eigenvalue weighted by Crippen LogP contribution is -2.39. The summed E-state index contributed by atoms with van der Waals surface area (Å²) in [6, 6.07) is 15.8. The van der Waals surface area contributed by atoms with Crippen LogP contribution in [0.3, 0.4) is 0 Å². The molecule has 3 heterocycles. The molecule has 2 fully saturated rings. The Labute approximate surface area is 190 Å². The second-order valence-electron chi connectivity index (χ2n) is 9.44. The molecule has 5 rings (SSSR count). The Hall–Kier alpha value is -3.08. The number of nitrogens with zero attached hydrogens (tertiary/aromatic N) is 3. The summed E-state index contributed by atoms with van der Waals surface area (Å²) in [6.07, 6.45) is 4.63. The highest BCUT2D eigenvalue weighted by atomic mass is 16.2. The summed E-state index contributed by atoms with van der Waals surface area (Å²) in [5, 5.41) is 0. The molecule has 0 saturated carbocycles. The number of carbonyl (C=O) groups excluding carboxylic acids is 2. The van der Waals surface area contributed by atoms with E-state index in [1.807, 2.05) is 55.5 Å². The lowest BCUT2D eigenvalue weighted by Gasteiger charge is -2.33. The van der Waals surface area contributed by atoms with Crippen molar-refractivity contribution in [1.82, 2.24) is 4.90 Å². The molecule has 0 bridgehead atoms. The Morgan fingerprint density at radius 2 is 1.38 bits per heavy atom. The van der Waals surface area contributed by atoms with Crippen LogP contribution in [0, 0.1) is 12.8 Å². The summed E-state index contributed by atoms with van der Waals surface area (Å²) in [5.41, 5.74) is 4.85. The number of likely N-dealkylation sites (tertiary alicyclic amines) is 1. The molecule has 0 N–H and O–H groups in total. The first-order valence-electron chi connectivity index (χ1n) is 11.8. The van der Waals surface area contributed by atoms with Gasteiger partial charge in [0.05, 0.1) is 11.3 Å². The van der Waals surface area contributed by atoms with Gasteiger partial charge in [0.25, 0.3) is 11.8 Å². The number of anilines is 2. The van der Waals surface area contributed by atoms with E-state index in [2.05, 4.69) is 16.7 Å². The van der Waals surface area contributed by atoms with E-state index in [-0.39, 0.29) is 11.8 Å². The molecule has 1 unspecified atom stereocenters. The van der Waals surface area contributed by atoms with Gasteiger partial charge in [-0.05, 0) is 68.4 Å². The quantitative estimate of drug-likeness (QED) is 0.666. The van der Waals surface area contributed by atoms with E-state index in [9.17, 15) is 9.59 Å². The summed E-state index contributed by atoms with van der Waals surface area (Å²) in [6.45, 7) is 8.01. The number of hydrogen-bond donors (Lipinski definition) is 0. The zero-order valence-electron chi connectivity index (χ0n) is 19.0. The Morgan fingerprint density at radius 3 is 2.03 bits per heavy atom. The van der Waals surface area contributed by atoms with Gasteiger partial charge in [0.1, 0.15) is 5.70 Å². The van der Waals surface area contributed by atoms with Crippen LogP contribution in [0.15, 0.2) is 54.2 Å². The summed E-state index contributed by atoms with van der Waals surface area (Å²) in [4.78, 5) is 33.3. The molecule has 1 atom stereocenters. The van der Waals surface area contributed by atoms with Gasteiger partial charge in [0.15, 0.2) is 0 Å². The van der Waals surface area contributed by atoms with Crippen LogP contribution in [0.1, 0.15) is 43.7 Å². The third kappa shape index (κ3) is 3.70. The number of imide groups is 1. The third-order valence-electron chi connectivity index (χ3n) is 6.95. The summed E-state index contributed by atoms with van der Waals surface area (Å²) in [7, 11) is 0. The van der Waals surface area contributed by atoms with E-state index in [0.29, 0.717) is 22.9 Å². The number of hydrogen-bond acceptors (Lipinski definition) is 4. The Morgan fingerprint density at radius 1 is 0.750 bits per heavy atom. The average molecular weight is 430 g/mol. The largest absolute Gasteiger partial charge is 0.372 e. The number of rotatable bonds is 4. The number of benzene rings is 2. The topological polar surface area (TPSA) is 43.9 Å². The molecule has 5 nitrogen and oxygen atoms in total. The minimum absolute atomic E-state index is 0.200. The second-order valence-corrected chi connectivity index (χ2v) is 9.44. The molecule has 0 spiro atoms. The van der Waals surface area contributed by atoms with Crippen LogP contribution < -0.4 is 9.80 Å². The van der Waals surface area contributed by atoms with E-state index in [4.69, 9.17) is 0 Å². The van der Waals surface area contributed by atoms with Crippen molar-refractivity contribution < 1.29 is 9.59 Å². The van der Waals surface area contributed by atoms with Gasteiger partial charge in [-0.2, -0.15) is 0 Å². The van der Waals surface area contributed by atoms with Crippen molar-refractivity contribution in [2.45, 2.75) is 39.5 Å². The summed E-state index contributed by atoms with van der Waals surface area (Å²) in [5.74, 6) is 0.0850. The van der Waals surface area contributed by atoms with Crippen molar-refractivity contribution in [3.8, 4) is 0 Å².